The van der Waals surface area contributed by atoms with Gasteiger partial charge in [0.2, 0.25) is 0 Å². The molecule has 0 atom stereocenters. The summed E-state index contributed by atoms with van der Waals surface area (Å²) in [5, 5.41) is 3.83. The molecule has 1 aromatic carbocycles. The zero-order valence-electron chi connectivity index (χ0n) is 7.11. The molecule has 1 aromatic heterocycles. The molecule has 2 rings (SSSR count). The molecule has 0 saturated carbocycles. The van der Waals surface area contributed by atoms with E-state index in [1.54, 1.807) is 6.07 Å². The average Bonchev–Trinajstić information content (AvgIpc) is 2.49. The highest BCUT2D eigenvalue weighted by atomic mass is 19.1. The van der Waals surface area contributed by atoms with Gasteiger partial charge in [0.05, 0.1) is 11.9 Å². The van der Waals surface area contributed by atoms with Gasteiger partial charge in [0.25, 0.3) is 0 Å². The zero-order valence-corrected chi connectivity index (χ0v) is 7.11. The van der Waals surface area contributed by atoms with E-state index in [-0.39, 0.29) is 5.69 Å². The lowest BCUT2D eigenvalue weighted by Gasteiger charge is -2.03. The van der Waals surface area contributed by atoms with Crippen molar-refractivity contribution in [2.75, 3.05) is 5.73 Å². The maximum atomic E-state index is 12.8. The molecule has 2 aromatic rings. The highest BCUT2D eigenvalue weighted by Crippen LogP contribution is 2.14. The van der Waals surface area contributed by atoms with Crippen LogP contribution >= 0.6 is 0 Å². The third-order valence-electron chi connectivity index (χ3n) is 1.76. The molecule has 0 aliphatic heterocycles. The largest absolute Gasteiger partial charge is 0.384 e. The molecule has 0 amide bonds. The van der Waals surface area contributed by atoms with Crippen LogP contribution in [0.25, 0.3) is 5.69 Å². The highest BCUT2D eigenvalue weighted by Gasteiger charge is 2.05. The summed E-state index contributed by atoms with van der Waals surface area (Å²) in [6, 6.07) is 4.66. The van der Waals surface area contributed by atoms with E-state index in [1.807, 2.05) is 0 Å². The van der Waals surface area contributed by atoms with Crippen molar-refractivity contribution in [3.63, 3.8) is 0 Å². The Morgan fingerprint density at radius 1 is 1.14 bits per heavy atom. The van der Waals surface area contributed by atoms with Gasteiger partial charge in [0.1, 0.15) is 17.5 Å². The van der Waals surface area contributed by atoms with Crippen LogP contribution in [0.15, 0.2) is 30.5 Å². The molecule has 1 heterocycles. The molecule has 0 spiro atoms. The average molecular weight is 195 g/mol. The number of aromatic nitrogens is 2. The fourth-order valence-corrected chi connectivity index (χ4v) is 1.19. The number of hydrogen-bond acceptors (Lipinski definition) is 2. The quantitative estimate of drug-likeness (QED) is 0.753. The summed E-state index contributed by atoms with van der Waals surface area (Å²) in [4.78, 5) is 0. The van der Waals surface area contributed by atoms with Crippen molar-refractivity contribution in [3.8, 4) is 5.69 Å². The normalized spacial score (nSPS) is 10.4. The van der Waals surface area contributed by atoms with Gasteiger partial charge in [-0.25, -0.2) is 13.5 Å². The molecule has 0 unspecified atom stereocenters. The van der Waals surface area contributed by atoms with Crippen LogP contribution in [-0.2, 0) is 0 Å². The van der Waals surface area contributed by atoms with Crippen molar-refractivity contribution in [3.05, 3.63) is 42.1 Å². The first kappa shape index (κ1) is 8.68. The minimum absolute atomic E-state index is 0.269. The van der Waals surface area contributed by atoms with Crippen molar-refractivity contribution >= 4 is 5.82 Å². The van der Waals surface area contributed by atoms with E-state index in [4.69, 9.17) is 5.73 Å². The van der Waals surface area contributed by atoms with Crippen molar-refractivity contribution in [1.82, 2.24) is 9.78 Å². The first-order valence-corrected chi connectivity index (χ1v) is 3.93. The molecule has 2 N–H and O–H groups in total. The molecule has 0 saturated heterocycles. The van der Waals surface area contributed by atoms with E-state index in [1.165, 1.54) is 10.9 Å². The second-order valence-electron chi connectivity index (χ2n) is 2.80. The summed E-state index contributed by atoms with van der Waals surface area (Å²) < 4.78 is 26.9. The van der Waals surface area contributed by atoms with Gasteiger partial charge in [-0.2, -0.15) is 5.10 Å². The van der Waals surface area contributed by atoms with Gasteiger partial charge in [0, 0.05) is 12.1 Å². The zero-order chi connectivity index (χ0) is 10.1. The summed E-state index contributed by atoms with van der Waals surface area (Å²) >= 11 is 0. The minimum Gasteiger partial charge on any atom is -0.384 e. The van der Waals surface area contributed by atoms with E-state index in [9.17, 15) is 8.78 Å². The first-order chi connectivity index (χ1) is 6.66. The first-order valence-electron chi connectivity index (χ1n) is 3.93. The Morgan fingerprint density at radius 2 is 1.79 bits per heavy atom. The summed E-state index contributed by atoms with van der Waals surface area (Å²) in [6.45, 7) is 0. The molecular formula is C9H7F2N3. The fourth-order valence-electron chi connectivity index (χ4n) is 1.19. The highest BCUT2D eigenvalue weighted by molar-refractivity contribution is 5.41. The van der Waals surface area contributed by atoms with Gasteiger partial charge >= 0.3 is 0 Å². The maximum absolute atomic E-state index is 12.8. The van der Waals surface area contributed by atoms with Crippen LogP contribution in [0.2, 0.25) is 0 Å². The molecule has 0 bridgehead atoms. The number of benzene rings is 1. The molecule has 0 aliphatic carbocycles. The molecule has 14 heavy (non-hydrogen) atoms. The maximum Gasteiger partial charge on any atom is 0.128 e. The standard InChI is InChI=1S/C9H7F2N3/c10-6-3-7(11)5-8(4-6)14-9(12)1-2-13-14/h1-5H,12H2. The minimum atomic E-state index is -0.658. The predicted molar refractivity (Wildman–Crippen MR) is 47.9 cm³/mol. The smallest absolute Gasteiger partial charge is 0.128 e. The van der Waals surface area contributed by atoms with Gasteiger partial charge in [-0.1, -0.05) is 0 Å². The van der Waals surface area contributed by atoms with Gasteiger partial charge in [0.15, 0.2) is 0 Å². The third-order valence-corrected chi connectivity index (χ3v) is 1.76. The molecule has 0 radical (unpaired) electrons. The Labute approximate surface area is 78.8 Å². The van der Waals surface area contributed by atoms with Crippen LogP contribution in [0, 0.1) is 11.6 Å². The SMILES string of the molecule is Nc1ccnn1-c1cc(F)cc(F)c1. The Morgan fingerprint density at radius 3 is 2.29 bits per heavy atom. The Hall–Kier alpha value is -1.91. The summed E-state index contributed by atoms with van der Waals surface area (Å²) in [7, 11) is 0. The van der Waals surface area contributed by atoms with E-state index >= 15 is 0 Å². The van der Waals surface area contributed by atoms with Crippen molar-refractivity contribution in [1.29, 1.82) is 0 Å². The topological polar surface area (TPSA) is 43.8 Å². The summed E-state index contributed by atoms with van der Waals surface area (Å²) in [5.41, 5.74) is 5.80. The molecule has 72 valence electrons. The van der Waals surface area contributed by atoms with E-state index in [0.717, 1.165) is 18.2 Å². The summed E-state index contributed by atoms with van der Waals surface area (Å²) in [6.07, 6.45) is 1.46. The van der Waals surface area contributed by atoms with Crippen LogP contribution in [0.1, 0.15) is 0 Å². The Balaban J connectivity index is 2.57. The van der Waals surface area contributed by atoms with Crippen molar-refractivity contribution < 1.29 is 8.78 Å². The van der Waals surface area contributed by atoms with E-state index in [2.05, 4.69) is 5.10 Å². The van der Waals surface area contributed by atoms with Crippen LogP contribution in [-0.4, -0.2) is 9.78 Å². The Bertz CT molecular complexity index is 445. The van der Waals surface area contributed by atoms with Gasteiger partial charge in [-0.3, -0.25) is 0 Å². The number of nitrogens with zero attached hydrogens (tertiary/aromatic N) is 2. The van der Waals surface area contributed by atoms with Crippen molar-refractivity contribution in [2.24, 2.45) is 0 Å². The molecule has 5 heteroatoms. The third kappa shape index (κ3) is 1.44. The Kier molecular flexibility index (Phi) is 1.92. The van der Waals surface area contributed by atoms with E-state index < -0.39 is 11.6 Å². The van der Waals surface area contributed by atoms with Crippen LogP contribution < -0.4 is 5.73 Å². The van der Waals surface area contributed by atoms with Crippen LogP contribution in [0.4, 0.5) is 14.6 Å². The summed E-state index contributed by atoms with van der Waals surface area (Å²) in [5.74, 6) is -0.986. The lowest BCUT2D eigenvalue weighted by molar-refractivity contribution is 0.580. The second-order valence-corrected chi connectivity index (χ2v) is 2.80. The molecular weight excluding hydrogens is 188 g/mol. The van der Waals surface area contributed by atoms with E-state index in [0.29, 0.717) is 5.82 Å². The lowest BCUT2D eigenvalue weighted by atomic mass is 10.3. The van der Waals surface area contributed by atoms with Gasteiger partial charge in [-0.05, 0) is 12.1 Å². The number of anilines is 1. The lowest BCUT2D eigenvalue weighted by Crippen LogP contribution is -2.02. The number of hydrogen-bond donors (Lipinski definition) is 1. The molecule has 0 aliphatic rings. The van der Waals surface area contributed by atoms with Crippen LogP contribution in [0.5, 0.6) is 0 Å². The predicted octanol–water partition coefficient (Wildman–Crippen LogP) is 1.73. The van der Waals surface area contributed by atoms with Gasteiger partial charge < -0.3 is 5.73 Å². The van der Waals surface area contributed by atoms with Gasteiger partial charge in [-0.15, -0.1) is 0 Å². The second kappa shape index (κ2) is 3.10. The number of nitrogen functional groups attached to an aromatic ring is 1. The monoisotopic (exact) mass is 195 g/mol. The number of nitrogens with two attached hydrogens (primary N) is 1. The number of rotatable bonds is 1. The fraction of sp³-hybridized carbons (Fsp3) is 0. The molecule has 0 fully saturated rings. The number of halogens is 2. The van der Waals surface area contributed by atoms with Crippen LogP contribution in [0.3, 0.4) is 0 Å². The van der Waals surface area contributed by atoms with Crippen molar-refractivity contribution in [2.45, 2.75) is 0 Å². The molecule has 3 nitrogen and oxygen atoms in total.